The molecule has 0 aliphatic rings. The number of carbonyl (C=O) groups excluding carboxylic acids is 1. The average molecular weight is 439 g/mol. The van der Waals surface area contributed by atoms with E-state index in [1.165, 1.54) is 17.0 Å². The molecule has 0 aliphatic heterocycles. The number of aryl methyl sites for hydroxylation is 1. The molecule has 0 aliphatic carbocycles. The van der Waals surface area contributed by atoms with Crippen LogP contribution in [0, 0.1) is 6.92 Å². The molecular formula is C24H26N2O4S. The molecule has 1 N–H and O–H groups in total. The summed E-state index contributed by atoms with van der Waals surface area (Å²) in [6, 6.07) is 23.0. The van der Waals surface area contributed by atoms with Crippen LogP contribution in [0.1, 0.15) is 21.5 Å². The van der Waals surface area contributed by atoms with Crippen LogP contribution in [0.15, 0.2) is 83.8 Å². The van der Waals surface area contributed by atoms with Crippen molar-refractivity contribution in [3.05, 3.63) is 95.6 Å². The minimum Gasteiger partial charge on any atom is -0.492 e. The van der Waals surface area contributed by atoms with Crippen molar-refractivity contribution in [2.75, 3.05) is 20.2 Å². The van der Waals surface area contributed by atoms with E-state index >= 15 is 0 Å². The SMILES string of the molecule is Cc1ccc(OCCN(C)C(=O)c2cccc(S(=O)(=O)NCc3ccccc3)c2)cc1. The maximum Gasteiger partial charge on any atom is 0.253 e. The van der Waals surface area contributed by atoms with E-state index in [2.05, 4.69) is 4.72 Å². The third-order valence-corrected chi connectivity index (χ3v) is 6.16. The van der Waals surface area contributed by atoms with E-state index in [1.54, 1.807) is 19.2 Å². The van der Waals surface area contributed by atoms with E-state index in [0.717, 1.165) is 16.9 Å². The largest absolute Gasteiger partial charge is 0.492 e. The fourth-order valence-corrected chi connectivity index (χ4v) is 3.97. The van der Waals surface area contributed by atoms with E-state index in [9.17, 15) is 13.2 Å². The number of sulfonamides is 1. The highest BCUT2D eigenvalue weighted by atomic mass is 32.2. The summed E-state index contributed by atoms with van der Waals surface area (Å²) in [7, 11) is -2.08. The van der Waals surface area contributed by atoms with Gasteiger partial charge in [0.2, 0.25) is 10.0 Å². The maximum atomic E-state index is 12.7. The van der Waals surface area contributed by atoms with Crippen LogP contribution in [0.5, 0.6) is 5.75 Å². The number of likely N-dealkylation sites (N-methyl/N-ethyl adjacent to an activating group) is 1. The first-order chi connectivity index (χ1) is 14.8. The first-order valence-corrected chi connectivity index (χ1v) is 11.4. The van der Waals surface area contributed by atoms with Crippen LogP contribution in [0.25, 0.3) is 0 Å². The highest BCUT2D eigenvalue weighted by molar-refractivity contribution is 7.89. The number of nitrogens with zero attached hydrogens (tertiary/aromatic N) is 1. The van der Waals surface area contributed by atoms with Crippen LogP contribution >= 0.6 is 0 Å². The van der Waals surface area contributed by atoms with Gasteiger partial charge in [-0.1, -0.05) is 54.1 Å². The van der Waals surface area contributed by atoms with Gasteiger partial charge in [-0.05, 0) is 42.8 Å². The van der Waals surface area contributed by atoms with Gasteiger partial charge in [-0.15, -0.1) is 0 Å². The van der Waals surface area contributed by atoms with Gasteiger partial charge in [0.1, 0.15) is 12.4 Å². The first-order valence-electron chi connectivity index (χ1n) is 9.94. The highest BCUT2D eigenvalue weighted by Gasteiger charge is 2.18. The Kier molecular flexibility index (Phi) is 7.44. The Morgan fingerprint density at radius 1 is 0.968 bits per heavy atom. The average Bonchev–Trinajstić information content (AvgIpc) is 2.79. The zero-order valence-corrected chi connectivity index (χ0v) is 18.4. The second-order valence-corrected chi connectivity index (χ2v) is 8.99. The van der Waals surface area contributed by atoms with Crippen molar-refractivity contribution in [3.63, 3.8) is 0 Å². The number of amides is 1. The molecule has 0 unspecified atom stereocenters. The van der Waals surface area contributed by atoms with Crippen molar-refractivity contribution in [1.82, 2.24) is 9.62 Å². The molecule has 1 amide bonds. The molecular weight excluding hydrogens is 412 g/mol. The standard InChI is InChI=1S/C24H26N2O4S/c1-19-11-13-22(14-12-19)30-16-15-26(2)24(27)21-9-6-10-23(17-21)31(28,29)25-18-20-7-4-3-5-8-20/h3-14,17,25H,15-16,18H2,1-2H3. The van der Waals surface area contributed by atoms with E-state index in [0.29, 0.717) is 18.7 Å². The van der Waals surface area contributed by atoms with Crippen molar-refractivity contribution in [1.29, 1.82) is 0 Å². The Balaban J connectivity index is 1.59. The normalized spacial score (nSPS) is 11.2. The van der Waals surface area contributed by atoms with Gasteiger partial charge in [-0.2, -0.15) is 0 Å². The second-order valence-electron chi connectivity index (χ2n) is 7.23. The summed E-state index contributed by atoms with van der Waals surface area (Å²) in [4.78, 5) is 14.3. The number of hydrogen-bond acceptors (Lipinski definition) is 4. The Morgan fingerprint density at radius 3 is 2.39 bits per heavy atom. The second kappa shape index (κ2) is 10.2. The topological polar surface area (TPSA) is 75.7 Å². The molecule has 31 heavy (non-hydrogen) atoms. The van der Waals surface area contributed by atoms with E-state index in [-0.39, 0.29) is 17.3 Å². The lowest BCUT2D eigenvalue weighted by molar-refractivity contribution is 0.0773. The van der Waals surface area contributed by atoms with Crippen LogP contribution in [0.3, 0.4) is 0 Å². The van der Waals surface area contributed by atoms with Gasteiger partial charge < -0.3 is 9.64 Å². The lowest BCUT2D eigenvalue weighted by Gasteiger charge is -2.18. The smallest absolute Gasteiger partial charge is 0.253 e. The lowest BCUT2D eigenvalue weighted by atomic mass is 10.2. The van der Waals surface area contributed by atoms with Gasteiger partial charge in [-0.3, -0.25) is 4.79 Å². The zero-order valence-electron chi connectivity index (χ0n) is 17.6. The van der Waals surface area contributed by atoms with E-state index in [4.69, 9.17) is 4.74 Å². The fourth-order valence-electron chi connectivity index (χ4n) is 2.91. The fraction of sp³-hybridized carbons (Fsp3) is 0.208. The summed E-state index contributed by atoms with van der Waals surface area (Å²) >= 11 is 0. The van der Waals surface area contributed by atoms with Gasteiger partial charge >= 0.3 is 0 Å². The molecule has 6 nitrogen and oxygen atoms in total. The summed E-state index contributed by atoms with van der Waals surface area (Å²) < 4.78 is 33.5. The number of rotatable bonds is 9. The molecule has 162 valence electrons. The summed E-state index contributed by atoms with van der Waals surface area (Å²) in [5, 5.41) is 0. The van der Waals surface area contributed by atoms with Gasteiger partial charge in [0, 0.05) is 19.2 Å². The van der Waals surface area contributed by atoms with Crippen LogP contribution in [0.2, 0.25) is 0 Å². The van der Waals surface area contributed by atoms with E-state index < -0.39 is 10.0 Å². The van der Waals surface area contributed by atoms with Crippen LogP contribution in [-0.2, 0) is 16.6 Å². The van der Waals surface area contributed by atoms with Crippen molar-refractivity contribution in [2.45, 2.75) is 18.4 Å². The Bertz CT molecular complexity index is 1110. The Labute approximate surface area is 183 Å². The minimum atomic E-state index is -3.74. The van der Waals surface area contributed by atoms with Gasteiger partial charge in [0.15, 0.2) is 0 Å². The lowest BCUT2D eigenvalue weighted by Crippen LogP contribution is -2.31. The third kappa shape index (κ3) is 6.41. The van der Waals surface area contributed by atoms with Crippen LogP contribution in [0.4, 0.5) is 0 Å². The van der Waals surface area contributed by atoms with Gasteiger partial charge in [0.05, 0.1) is 11.4 Å². The monoisotopic (exact) mass is 438 g/mol. The molecule has 0 spiro atoms. The molecule has 0 fully saturated rings. The predicted octanol–water partition coefficient (Wildman–Crippen LogP) is 3.62. The molecule has 3 rings (SSSR count). The van der Waals surface area contributed by atoms with Crippen molar-refractivity contribution in [3.8, 4) is 5.75 Å². The molecule has 0 bridgehead atoms. The molecule has 3 aromatic carbocycles. The quantitative estimate of drug-likeness (QED) is 0.554. The third-order valence-electron chi connectivity index (χ3n) is 4.76. The summed E-state index contributed by atoms with van der Waals surface area (Å²) in [5.74, 6) is 0.469. The number of nitrogens with one attached hydrogen (secondary N) is 1. The molecule has 0 saturated carbocycles. The molecule has 0 aromatic heterocycles. The summed E-state index contributed by atoms with van der Waals surface area (Å²) in [6.07, 6.45) is 0. The molecule has 0 atom stereocenters. The number of ether oxygens (including phenoxy) is 1. The molecule has 0 heterocycles. The predicted molar refractivity (Wildman–Crippen MR) is 121 cm³/mol. The van der Waals surface area contributed by atoms with Crippen molar-refractivity contribution >= 4 is 15.9 Å². The molecule has 3 aromatic rings. The Morgan fingerprint density at radius 2 is 1.68 bits per heavy atom. The first kappa shape index (κ1) is 22.5. The maximum absolute atomic E-state index is 12.7. The zero-order chi connectivity index (χ0) is 22.3. The Hall–Kier alpha value is -3.16. The molecule has 0 saturated heterocycles. The van der Waals surface area contributed by atoms with Crippen LogP contribution in [-0.4, -0.2) is 39.4 Å². The highest BCUT2D eigenvalue weighted by Crippen LogP contribution is 2.15. The van der Waals surface area contributed by atoms with E-state index in [1.807, 2.05) is 61.5 Å². The van der Waals surface area contributed by atoms with Gasteiger partial charge in [-0.25, -0.2) is 13.1 Å². The molecule has 7 heteroatoms. The van der Waals surface area contributed by atoms with Crippen LogP contribution < -0.4 is 9.46 Å². The van der Waals surface area contributed by atoms with Crippen molar-refractivity contribution in [2.24, 2.45) is 0 Å². The van der Waals surface area contributed by atoms with Gasteiger partial charge in [0.25, 0.3) is 5.91 Å². The number of carbonyl (C=O) groups is 1. The minimum absolute atomic E-state index is 0.0542. The summed E-state index contributed by atoms with van der Waals surface area (Å²) in [6.45, 7) is 2.89. The number of hydrogen-bond donors (Lipinski definition) is 1. The number of benzene rings is 3. The van der Waals surface area contributed by atoms with Crippen molar-refractivity contribution < 1.29 is 17.9 Å². The molecule has 0 radical (unpaired) electrons. The summed E-state index contributed by atoms with van der Waals surface area (Å²) in [5.41, 5.74) is 2.31.